The van der Waals surface area contributed by atoms with Crippen molar-refractivity contribution in [3.05, 3.63) is 71.2 Å². The van der Waals surface area contributed by atoms with Gasteiger partial charge in [0, 0.05) is 11.5 Å². The molecule has 0 unspecified atom stereocenters. The lowest BCUT2D eigenvalue weighted by molar-refractivity contribution is -0.141. The molecule has 0 fully saturated rings. The van der Waals surface area contributed by atoms with Crippen LogP contribution in [0.2, 0.25) is 0 Å². The monoisotopic (exact) mass is 412 g/mol. The molecule has 148 valence electrons. The molecule has 0 radical (unpaired) electrons. The van der Waals surface area contributed by atoms with Crippen LogP contribution in [0.5, 0.6) is 0 Å². The van der Waals surface area contributed by atoms with Gasteiger partial charge in [-0.25, -0.2) is 13.2 Å². The summed E-state index contributed by atoms with van der Waals surface area (Å²) in [7, 11) is -2.73. The van der Waals surface area contributed by atoms with Gasteiger partial charge >= 0.3 is 11.7 Å². The van der Waals surface area contributed by atoms with Gasteiger partial charge in [-0.3, -0.25) is 14.1 Å². The van der Waals surface area contributed by atoms with Crippen molar-refractivity contribution in [3.8, 4) is 0 Å². The highest BCUT2D eigenvalue weighted by molar-refractivity contribution is 7.92. The van der Waals surface area contributed by atoms with Crippen LogP contribution < -0.4 is 10.5 Å². The number of sulfonamides is 1. The quantitative estimate of drug-likeness (QED) is 0.505. The number of hydrogen-bond donors (Lipinski definition) is 1. The Kier molecular flexibility index (Phi) is 4.59. The van der Waals surface area contributed by atoms with E-state index in [0.29, 0.717) is 11.2 Å². The van der Waals surface area contributed by atoms with E-state index in [1.807, 2.05) is 30.3 Å². The number of methoxy groups -OCH3 is 1. The average molecular weight is 412 g/mol. The second-order valence-electron chi connectivity index (χ2n) is 6.29. The molecule has 3 aromatic carbocycles. The number of oxazole rings is 1. The molecule has 9 heteroatoms. The summed E-state index contributed by atoms with van der Waals surface area (Å²) in [6.45, 7) is -0.331. The highest BCUT2D eigenvalue weighted by Crippen LogP contribution is 2.26. The Bertz CT molecular complexity index is 1400. The second-order valence-corrected chi connectivity index (χ2v) is 7.97. The third-order valence-corrected chi connectivity index (χ3v) is 5.86. The molecule has 1 N–H and O–H groups in total. The summed E-state index contributed by atoms with van der Waals surface area (Å²) >= 11 is 0. The third-order valence-electron chi connectivity index (χ3n) is 4.50. The fourth-order valence-electron chi connectivity index (χ4n) is 3.08. The summed E-state index contributed by atoms with van der Waals surface area (Å²) in [4.78, 5) is 23.4. The molecule has 1 heterocycles. The first-order valence-electron chi connectivity index (χ1n) is 8.60. The zero-order chi connectivity index (χ0) is 20.6. The first-order chi connectivity index (χ1) is 13.9. The number of anilines is 1. The van der Waals surface area contributed by atoms with Gasteiger partial charge in [0.25, 0.3) is 10.0 Å². The van der Waals surface area contributed by atoms with E-state index in [0.717, 1.165) is 15.3 Å². The van der Waals surface area contributed by atoms with Gasteiger partial charge in [0.2, 0.25) is 0 Å². The standard InChI is InChI=1S/C20H16N2O6S/c1-27-19(23)12-22-17-10-9-14(11-18(17)28-20(22)24)29(25,26)21-16-8-4-6-13-5-2-3-7-15(13)16/h2-11,21H,12H2,1H3. The molecule has 0 saturated heterocycles. The van der Waals surface area contributed by atoms with Crippen LogP contribution in [-0.4, -0.2) is 26.1 Å². The average Bonchev–Trinajstić information content (AvgIpc) is 3.02. The number of esters is 1. The molecule has 0 aliphatic rings. The first kappa shape index (κ1) is 18.8. The molecule has 4 rings (SSSR count). The topological polar surface area (TPSA) is 108 Å². The molecular formula is C20H16N2O6S. The number of hydrogen-bond acceptors (Lipinski definition) is 6. The van der Waals surface area contributed by atoms with Crippen molar-refractivity contribution in [1.82, 2.24) is 4.57 Å². The van der Waals surface area contributed by atoms with E-state index in [1.54, 1.807) is 12.1 Å². The van der Waals surface area contributed by atoms with E-state index >= 15 is 0 Å². The Hall–Kier alpha value is -3.59. The molecule has 0 saturated carbocycles. The predicted octanol–water partition coefficient (Wildman–Crippen LogP) is 2.72. The number of carbonyl (C=O) groups excluding carboxylic acids is 1. The molecule has 8 nitrogen and oxygen atoms in total. The molecule has 4 aromatic rings. The van der Waals surface area contributed by atoms with Gasteiger partial charge in [-0.1, -0.05) is 36.4 Å². The molecule has 0 atom stereocenters. The van der Waals surface area contributed by atoms with Crippen LogP contribution in [0, 0.1) is 0 Å². The number of nitrogens with zero attached hydrogens (tertiary/aromatic N) is 1. The second kappa shape index (κ2) is 7.10. The number of fused-ring (bicyclic) bond motifs is 2. The van der Waals surface area contributed by atoms with Gasteiger partial charge in [-0.2, -0.15) is 0 Å². The van der Waals surface area contributed by atoms with Gasteiger partial charge in [0.05, 0.1) is 23.2 Å². The molecule has 0 aliphatic carbocycles. The summed E-state index contributed by atoms with van der Waals surface area (Å²) < 4.78 is 39.1. The maximum Gasteiger partial charge on any atom is 0.420 e. The zero-order valence-corrected chi connectivity index (χ0v) is 16.1. The Labute approximate surface area is 165 Å². The van der Waals surface area contributed by atoms with Gasteiger partial charge in [0.15, 0.2) is 5.58 Å². The number of benzene rings is 3. The van der Waals surface area contributed by atoms with E-state index in [4.69, 9.17) is 4.42 Å². The van der Waals surface area contributed by atoms with Crippen LogP contribution in [0.15, 0.2) is 74.8 Å². The molecule has 0 aliphatic heterocycles. The van der Waals surface area contributed by atoms with Crippen LogP contribution >= 0.6 is 0 Å². The van der Waals surface area contributed by atoms with Crippen molar-refractivity contribution in [2.24, 2.45) is 0 Å². The molecule has 29 heavy (non-hydrogen) atoms. The highest BCUT2D eigenvalue weighted by atomic mass is 32.2. The van der Waals surface area contributed by atoms with E-state index < -0.39 is 21.7 Å². The lowest BCUT2D eigenvalue weighted by Crippen LogP contribution is -2.20. The molecule has 0 amide bonds. The normalized spacial score (nSPS) is 11.6. The van der Waals surface area contributed by atoms with Crippen molar-refractivity contribution in [1.29, 1.82) is 0 Å². The van der Waals surface area contributed by atoms with Crippen molar-refractivity contribution in [2.45, 2.75) is 11.4 Å². The van der Waals surface area contributed by atoms with Gasteiger partial charge < -0.3 is 9.15 Å². The van der Waals surface area contributed by atoms with Crippen molar-refractivity contribution < 1.29 is 22.4 Å². The van der Waals surface area contributed by atoms with Crippen molar-refractivity contribution in [3.63, 3.8) is 0 Å². The minimum Gasteiger partial charge on any atom is -0.468 e. The summed E-state index contributed by atoms with van der Waals surface area (Å²) in [5.41, 5.74) is 0.789. The predicted molar refractivity (Wildman–Crippen MR) is 107 cm³/mol. The van der Waals surface area contributed by atoms with Crippen LogP contribution in [0.3, 0.4) is 0 Å². The number of nitrogens with one attached hydrogen (secondary N) is 1. The van der Waals surface area contributed by atoms with Crippen molar-refractivity contribution in [2.75, 3.05) is 11.8 Å². The lowest BCUT2D eigenvalue weighted by atomic mass is 10.1. The fourth-order valence-corrected chi connectivity index (χ4v) is 4.17. The summed E-state index contributed by atoms with van der Waals surface area (Å²) in [5.74, 6) is -1.40. The summed E-state index contributed by atoms with van der Waals surface area (Å²) in [6, 6.07) is 16.7. The highest BCUT2D eigenvalue weighted by Gasteiger charge is 2.19. The molecule has 0 spiro atoms. The Morgan fingerprint density at radius 1 is 1.10 bits per heavy atom. The molecule has 0 bridgehead atoms. The van der Waals surface area contributed by atoms with Gasteiger partial charge in [-0.05, 0) is 23.6 Å². The summed E-state index contributed by atoms with van der Waals surface area (Å²) in [5, 5.41) is 1.66. The van der Waals surface area contributed by atoms with E-state index in [1.165, 1.54) is 25.3 Å². The third kappa shape index (κ3) is 3.47. The van der Waals surface area contributed by atoms with Crippen molar-refractivity contribution >= 4 is 43.6 Å². The van der Waals surface area contributed by atoms with Crippen LogP contribution in [-0.2, 0) is 26.1 Å². The number of aromatic nitrogens is 1. The van der Waals surface area contributed by atoms with E-state index in [9.17, 15) is 18.0 Å². The van der Waals surface area contributed by atoms with Crippen LogP contribution in [0.4, 0.5) is 5.69 Å². The van der Waals surface area contributed by atoms with Crippen LogP contribution in [0.25, 0.3) is 21.9 Å². The fraction of sp³-hybridized carbons (Fsp3) is 0.100. The molecule has 1 aromatic heterocycles. The first-order valence-corrected chi connectivity index (χ1v) is 10.1. The minimum absolute atomic E-state index is 0.0553. The lowest BCUT2D eigenvalue weighted by Gasteiger charge is -2.11. The molecular weight excluding hydrogens is 396 g/mol. The number of ether oxygens (including phenoxy) is 1. The largest absolute Gasteiger partial charge is 0.468 e. The smallest absolute Gasteiger partial charge is 0.420 e. The van der Waals surface area contributed by atoms with E-state index in [2.05, 4.69) is 9.46 Å². The maximum absolute atomic E-state index is 12.9. The van der Waals surface area contributed by atoms with E-state index in [-0.39, 0.29) is 17.0 Å². The van der Waals surface area contributed by atoms with Crippen LogP contribution in [0.1, 0.15) is 0 Å². The summed E-state index contributed by atoms with van der Waals surface area (Å²) in [6.07, 6.45) is 0. The number of carbonyl (C=O) groups is 1. The number of rotatable bonds is 5. The Morgan fingerprint density at radius 3 is 2.66 bits per heavy atom. The maximum atomic E-state index is 12.9. The Morgan fingerprint density at radius 2 is 1.86 bits per heavy atom. The van der Waals surface area contributed by atoms with Gasteiger partial charge in [0.1, 0.15) is 6.54 Å². The Balaban J connectivity index is 1.73. The SMILES string of the molecule is COC(=O)Cn1c(=O)oc2cc(S(=O)(=O)Nc3cccc4ccccc34)ccc21. The minimum atomic E-state index is -3.94. The zero-order valence-electron chi connectivity index (χ0n) is 15.3. The van der Waals surface area contributed by atoms with Gasteiger partial charge in [-0.15, -0.1) is 0 Å².